The van der Waals surface area contributed by atoms with Crippen molar-refractivity contribution in [1.29, 1.82) is 0 Å². The lowest BCUT2D eigenvalue weighted by Crippen LogP contribution is -2.38. The molecule has 28 heavy (non-hydrogen) atoms. The van der Waals surface area contributed by atoms with Gasteiger partial charge < -0.3 is 19.4 Å². The summed E-state index contributed by atoms with van der Waals surface area (Å²) in [6.07, 6.45) is 1.64. The van der Waals surface area contributed by atoms with Gasteiger partial charge in [-0.05, 0) is 43.7 Å². The molecule has 1 saturated heterocycles. The number of rotatable bonds is 6. The molecule has 0 atom stereocenters. The summed E-state index contributed by atoms with van der Waals surface area (Å²) in [6, 6.07) is 7.85. The maximum Gasteiger partial charge on any atom is 0.146 e. The number of morpholine rings is 1. The number of anilines is 2. The number of hydrogen-bond donors (Lipinski definition) is 1. The van der Waals surface area contributed by atoms with Gasteiger partial charge in [0.25, 0.3) is 0 Å². The zero-order chi connectivity index (χ0) is 19.5. The van der Waals surface area contributed by atoms with Crippen molar-refractivity contribution in [3.8, 4) is 5.75 Å². The lowest BCUT2D eigenvalue weighted by Gasteiger charge is -2.26. The van der Waals surface area contributed by atoms with Crippen LogP contribution in [-0.2, 0) is 11.3 Å². The Morgan fingerprint density at radius 1 is 1.07 bits per heavy atom. The number of methoxy groups -OCH3 is 1. The number of nitrogens with one attached hydrogen (secondary N) is 1. The first-order valence-corrected chi connectivity index (χ1v) is 9.69. The molecule has 1 aliphatic heterocycles. The summed E-state index contributed by atoms with van der Waals surface area (Å²) in [7, 11) is 1.67. The summed E-state index contributed by atoms with van der Waals surface area (Å²) in [5.74, 6) is 1.67. The van der Waals surface area contributed by atoms with Gasteiger partial charge in [-0.2, -0.15) is 0 Å². The summed E-state index contributed by atoms with van der Waals surface area (Å²) in [5.41, 5.74) is 4.41. The predicted octanol–water partition coefficient (Wildman–Crippen LogP) is 3.13. The highest BCUT2D eigenvalue weighted by atomic mass is 16.5. The second-order valence-electron chi connectivity index (χ2n) is 7.09. The molecular weight excluding hydrogens is 354 g/mol. The molecule has 1 aromatic carbocycles. The van der Waals surface area contributed by atoms with E-state index in [-0.39, 0.29) is 0 Å². The van der Waals surface area contributed by atoms with E-state index in [0.717, 1.165) is 67.7 Å². The molecule has 0 radical (unpaired) electrons. The van der Waals surface area contributed by atoms with Gasteiger partial charge in [0, 0.05) is 37.6 Å². The van der Waals surface area contributed by atoms with E-state index in [0.29, 0.717) is 0 Å². The summed E-state index contributed by atoms with van der Waals surface area (Å²) in [5, 5.41) is 4.52. The molecule has 0 aliphatic carbocycles. The second kappa shape index (κ2) is 8.16. The smallest absolute Gasteiger partial charge is 0.146 e. The van der Waals surface area contributed by atoms with E-state index < -0.39 is 0 Å². The molecule has 1 fully saturated rings. The van der Waals surface area contributed by atoms with E-state index >= 15 is 0 Å². The first-order chi connectivity index (χ1) is 13.7. The van der Waals surface area contributed by atoms with Crippen LogP contribution >= 0.6 is 0 Å². The topological polar surface area (TPSA) is 64.4 Å². The van der Waals surface area contributed by atoms with E-state index in [4.69, 9.17) is 9.47 Å². The van der Waals surface area contributed by atoms with Gasteiger partial charge >= 0.3 is 0 Å². The largest absolute Gasteiger partial charge is 0.497 e. The molecule has 7 heteroatoms. The molecule has 3 heterocycles. The monoisotopic (exact) mass is 381 g/mol. The van der Waals surface area contributed by atoms with Gasteiger partial charge in [0.1, 0.15) is 23.5 Å². The number of aromatic nitrogens is 3. The molecule has 1 aliphatic rings. The number of aryl methyl sites for hydroxylation is 1. The van der Waals surface area contributed by atoms with Crippen LogP contribution in [0.15, 0.2) is 30.6 Å². The molecule has 7 nitrogen and oxygen atoms in total. The minimum atomic E-state index is 0.822. The van der Waals surface area contributed by atoms with Gasteiger partial charge in [-0.1, -0.05) is 0 Å². The number of fused-ring (bicyclic) bond motifs is 1. The Bertz CT molecular complexity index is 946. The lowest BCUT2D eigenvalue weighted by atomic mass is 10.2. The van der Waals surface area contributed by atoms with Crippen LogP contribution in [0.25, 0.3) is 11.0 Å². The zero-order valence-electron chi connectivity index (χ0n) is 16.7. The van der Waals surface area contributed by atoms with E-state index in [1.54, 1.807) is 13.4 Å². The minimum Gasteiger partial charge on any atom is -0.497 e. The molecule has 148 valence electrons. The average Bonchev–Trinajstić information content (AvgIpc) is 2.99. The number of benzene rings is 1. The first kappa shape index (κ1) is 18.7. The Morgan fingerprint density at radius 3 is 2.54 bits per heavy atom. The van der Waals surface area contributed by atoms with E-state index in [2.05, 4.69) is 38.6 Å². The van der Waals surface area contributed by atoms with Crippen LogP contribution in [0.2, 0.25) is 0 Å². The van der Waals surface area contributed by atoms with Crippen molar-refractivity contribution in [2.24, 2.45) is 0 Å². The highest BCUT2D eigenvalue weighted by molar-refractivity contribution is 5.93. The Balaban J connectivity index is 1.61. The van der Waals surface area contributed by atoms with Gasteiger partial charge in [0.05, 0.1) is 25.7 Å². The van der Waals surface area contributed by atoms with Crippen LogP contribution in [0.3, 0.4) is 0 Å². The summed E-state index contributed by atoms with van der Waals surface area (Å²) in [6.45, 7) is 9.85. The van der Waals surface area contributed by atoms with E-state index in [9.17, 15) is 0 Å². The van der Waals surface area contributed by atoms with Crippen LogP contribution < -0.4 is 10.1 Å². The summed E-state index contributed by atoms with van der Waals surface area (Å²) < 4.78 is 13.0. The van der Waals surface area contributed by atoms with Crippen molar-refractivity contribution in [3.05, 3.63) is 41.9 Å². The average molecular weight is 381 g/mol. The zero-order valence-corrected chi connectivity index (χ0v) is 16.7. The molecule has 0 unspecified atom stereocenters. The Labute approximate surface area is 165 Å². The third-order valence-corrected chi connectivity index (χ3v) is 5.50. The minimum absolute atomic E-state index is 0.822. The third kappa shape index (κ3) is 3.68. The van der Waals surface area contributed by atoms with Crippen molar-refractivity contribution >= 4 is 22.5 Å². The van der Waals surface area contributed by atoms with Gasteiger partial charge in [0.2, 0.25) is 0 Å². The Kier molecular flexibility index (Phi) is 5.45. The van der Waals surface area contributed by atoms with Crippen LogP contribution in [0, 0.1) is 13.8 Å². The molecule has 0 spiro atoms. The molecule has 0 amide bonds. The van der Waals surface area contributed by atoms with Crippen molar-refractivity contribution in [2.45, 2.75) is 20.4 Å². The standard InChI is InChI=1S/C21H27N5O2/c1-15-16(2)26(9-8-25-10-12-28-13-11-25)21-19(15)20(22-14-23-21)24-17-4-6-18(27-3)7-5-17/h4-7,14H,8-13H2,1-3H3,(H,22,23,24). The van der Waals surface area contributed by atoms with Crippen molar-refractivity contribution in [3.63, 3.8) is 0 Å². The first-order valence-electron chi connectivity index (χ1n) is 9.69. The fraction of sp³-hybridized carbons (Fsp3) is 0.429. The van der Waals surface area contributed by atoms with Crippen LogP contribution in [0.5, 0.6) is 5.75 Å². The highest BCUT2D eigenvalue weighted by Crippen LogP contribution is 2.30. The maximum absolute atomic E-state index is 5.45. The van der Waals surface area contributed by atoms with E-state index in [1.807, 2.05) is 24.3 Å². The molecule has 2 aromatic heterocycles. The molecule has 0 saturated carbocycles. The summed E-state index contributed by atoms with van der Waals surface area (Å²) in [4.78, 5) is 11.6. The third-order valence-electron chi connectivity index (χ3n) is 5.50. The van der Waals surface area contributed by atoms with Gasteiger partial charge in [-0.15, -0.1) is 0 Å². The van der Waals surface area contributed by atoms with Crippen molar-refractivity contribution < 1.29 is 9.47 Å². The lowest BCUT2D eigenvalue weighted by molar-refractivity contribution is 0.0364. The number of ether oxygens (including phenoxy) is 2. The van der Waals surface area contributed by atoms with Gasteiger partial charge in [-0.25, -0.2) is 9.97 Å². The Morgan fingerprint density at radius 2 is 1.82 bits per heavy atom. The fourth-order valence-corrected chi connectivity index (χ4v) is 3.71. The fourth-order valence-electron chi connectivity index (χ4n) is 3.71. The van der Waals surface area contributed by atoms with Crippen molar-refractivity contribution in [1.82, 2.24) is 19.4 Å². The molecule has 4 rings (SSSR count). The van der Waals surface area contributed by atoms with Crippen LogP contribution in [0.4, 0.5) is 11.5 Å². The number of hydrogen-bond acceptors (Lipinski definition) is 6. The quantitative estimate of drug-likeness (QED) is 0.708. The predicted molar refractivity (Wildman–Crippen MR) is 111 cm³/mol. The molecule has 1 N–H and O–H groups in total. The molecule has 3 aromatic rings. The molecular formula is C21H27N5O2. The number of nitrogens with zero attached hydrogens (tertiary/aromatic N) is 4. The van der Waals surface area contributed by atoms with Crippen molar-refractivity contribution in [2.75, 3.05) is 45.3 Å². The van der Waals surface area contributed by atoms with Crippen LogP contribution in [0.1, 0.15) is 11.3 Å². The maximum atomic E-state index is 5.45. The van der Waals surface area contributed by atoms with Crippen LogP contribution in [-0.4, -0.2) is 59.4 Å². The van der Waals surface area contributed by atoms with E-state index in [1.165, 1.54) is 11.3 Å². The molecule has 0 bridgehead atoms. The van der Waals surface area contributed by atoms with Gasteiger partial charge in [-0.3, -0.25) is 4.90 Å². The van der Waals surface area contributed by atoms with Gasteiger partial charge in [0.15, 0.2) is 0 Å². The highest BCUT2D eigenvalue weighted by Gasteiger charge is 2.18. The second-order valence-corrected chi connectivity index (χ2v) is 7.09. The Hall–Kier alpha value is -2.64. The summed E-state index contributed by atoms with van der Waals surface area (Å²) >= 11 is 0. The SMILES string of the molecule is COc1ccc(Nc2ncnc3c2c(C)c(C)n3CCN2CCOCC2)cc1. The normalized spacial score (nSPS) is 15.1.